The van der Waals surface area contributed by atoms with Crippen LogP contribution in [0.3, 0.4) is 0 Å². The molecule has 0 radical (unpaired) electrons. The van der Waals surface area contributed by atoms with Gasteiger partial charge in [-0.05, 0) is 31.9 Å². The molecule has 0 aliphatic rings. The lowest BCUT2D eigenvalue weighted by molar-refractivity contribution is -0.139. The number of hydrazine groups is 1. The molecule has 116 valence electrons. The predicted molar refractivity (Wildman–Crippen MR) is 78.4 cm³/mol. The van der Waals surface area contributed by atoms with Gasteiger partial charge in [-0.2, -0.15) is 0 Å². The predicted octanol–water partition coefficient (Wildman–Crippen LogP) is 1.93. The number of methoxy groups -OCH3 is 1. The van der Waals surface area contributed by atoms with Crippen LogP contribution in [0.25, 0.3) is 0 Å². The van der Waals surface area contributed by atoms with Gasteiger partial charge in [0.15, 0.2) is 0 Å². The molecule has 0 heterocycles. The Morgan fingerprint density at radius 2 is 1.86 bits per heavy atom. The van der Waals surface area contributed by atoms with Crippen molar-refractivity contribution in [1.29, 1.82) is 0 Å². The molecule has 1 amide bonds. The summed E-state index contributed by atoms with van der Waals surface area (Å²) in [5, 5.41) is 0. The molecule has 6 heteroatoms. The highest BCUT2D eigenvalue weighted by atomic mass is 16.6. The highest BCUT2D eigenvalue weighted by molar-refractivity contribution is 5.72. The van der Waals surface area contributed by atoms with E-state index in [1.807, 2.05) is 24.3 Å². The summed E-state index contributed by atoms with van der Waals surface area (Å²) in [4.78, 5) is 22.7. The van der Waals surface area contributed by atoms with Crippen molar-refractivity contribution in [2.75, 3.05) is 7.11 Å². The lowest BCUT2D eigenvalue weighted by Crippen LogP contribution is -2.40. The Balaban J connectivity index is 2.43. The van der Waals surface area contributed by atoms with Gasteiger partial charge in [-0.25, -0.2) is 10.2 Å². The van der Waals surface area contributed by atoms with E-state index in [4.69, 9.17) is 4.74 Å². The zero-order chi connectivity index (χ0) is 15.9. The fourth-order valence-electron chi connectivity index (χ4n) is 1.61. The van der Waals surface area contributed by atoms with E-state index < -0.39 is 11.7 Å². The van der Waals surface area contributed by atoms with E-state index in [2.05, 4.69) is 15.6 Å². The van der Waals surface area contributed by atoms with E-state index in [9.17, 15) is 9.59 Å². The Morgan fingerprint density at radius 1 is 1.19 bits per heavy atom. The Bertz CT molecular complexity index is 495. The normalized spacial score (nSPS) is 10.9. The fraction of sp³-hybridized carbons (Fsp3) is 0.467. The van der Waals surface area contributed by atoms with Crippen LogP contribution in [0.4, 0.5) is 4.79 Å². The molecule has 6 nitrogen and oxygen atoms in total. The SMILES string of the molecule is COC(=O)Cc1cccc(CNNC(=O)OC(C)(C)C)c1. The van der Waals surface area contributed by atoms with Crippen molar-refractivity contribution in [3.8, 4) is 0 Å². The fourth-order valence-corrected chi connectivity index (χ4v) is 1.61. The molecule has 0 aliphatic carbocycles. The number of hydrogen-bond acceptors (Lipinski definition) is 5. The molecule has 0 fully saturated rings. The monoisotopic (exact) mass is 294 g/mol. The third-order valence-electron chi connectivity index (χ3n) is 2.45. The summed E-state index contributed by atoms with van der Waals surface area (Å²) < 4.78 is 9.72. The topological polar surface area (TPSA) is 76.7 Å². The zero-order valence-corrected chi connectivity index (χ0v) is 12.9. The quantitative estimate of drug-likeness (QED) is 0.641. The molecular weight excluding hydrogens is 272 g/mol. The van der Waals surface area contributed by atoms with Gasteiger partial charge >= 0.3 is 12.1 Å². The Kier molecular flexibility index (Phi) is 6.17. The van der Waals surface area contributed by atoms with Gasteiger partial charge in [-0.3, -0.25) is 10.2 Å². The maximum absolute atomic E-state index is 11.4. The first kappa shape index (κ1) is 17.0. The second-order valence-electron chi connectivity index (χ2n) is 5.55. The minimum Gasteiger partial charge on any atom is -0.469 e. The van der Waals surface area contributed by atoms with E-state index >= 15 is 0 Å². The summed E-state index contributed by atoms with van der Waals surface area (Å²) in [6.07, 6.45) is -0.308. The molecule has 1 rings (SSSR count). The summed E-state index contributed by atoms with van der Waals surface area (Å²) in [6, 6.07) is 7.47. The average Bonchev–Trinajstić information content (AvgIpc) is 2.37. The second-order valence-corrected chi connectivity index (χ2v) is 5.55. The molecule has 0 spiro atoms. The minimum absolute atomic E-state index is 0.226. The molecule has 0 saturated carbocycles. The van der Waals surface area contributed by atoms with E-state index in [0.29, 0.717) is 6.54 Å². The van der Waals surface area contributed by atoms with Crippen LogP contribution < -0.4 is 10.9 Å². The van der Waals surface area contributed by atoms with Crippen LogP contribution >= 0.6 is 0 Å². The summed E-state index contributed by atoms with van der Waals surface area (Å²) in [5.74, 6) is -0.285. The lowest BCUT2D eigenvalue weighted by atomic mass is 10.1. The molecule has 21 heavy (non-hydrogen) atoms. The number of nitrogens with one attached hydrogen (secondary N) is 2. The van der Waals surface area contributed by atoms with Gasteiger partial charge in [-0.15, -0.1) is 0 Å². The zero-order valence-electron chi connectivity index (χ0n) is 12.9. The van der Waals surface area contributed by atoms with Crippen LogP contribution in [0.2, 0.25) is 0 Å². The molecule has 0 saturated heterocycles. The molecular formula is C15H22N2O4. The highest BCUT2D eigenvalue weighted by Crippen LogP contribution is 2.07. The van der Waals surface area contributed by atoms with Gasteiger partial charge in [0.1, 0.15) is 5.60 Å². The first-order valence-electron chi connectivity index (χ1n) is 6.66. The van der Waals surface area contributed by atoms with Gasteiger partial charge in [-0.1, -0.05) is 24.3 Å². The number of carbonyl (C=O) groups excluding carboxylic acids is 2. The van der Waals surface area contributed by atoms with Crippen molar-refractivity contribution in [2.45, 2.75) is 39.3 Å². The van der Waals surface area contributed by atoms with Crippen molar-refractivity contribution in [2.24, 2.45) is 0 Å². The summed E-state index contributed by atoms with van der Waals surface area (Å²) in [5.41, 5.74) is 6.50. The summed E-state index contributed by atoms with van der Waals surface area (Å²) in [6.45, 7) is 5.81. The van der Waals surface area contributed by atoms with Gasteiger partial charge in [0.25, 0.3) is 0 Å². The van der Waals surface area contributed by atoms with Crippen LogP contribution in [0.5, 0.6) is 0 Å². The molecule has 0 aromatic heterocycles. The number of esters is 1. The average molecular weight is 294 g/mol. The molecule has 0 bridgehead atoms. The van der Waals surface area contributed by atoms with E-state index in [-0.39, 0.29) is 12.4 Å². The van der Waals surface area contributed by atoms with E-state index in [1.165, 1.54) is 7.11 Å². The first-order chi connectivity index (χ1) is 9.80. The Morgan fingerprint density at radius 3 is 2.48 bits per heavy atom. The molecule has 1 aromatic carbocycles. The van der Waals surface area contributed by atoms with E-state index in [1.54, 1.807) is 20.8 Å². The number of ether oxygens (including phenoxy) is 2. The number of carbonyl (C=O) groups is 2. The third-order valence-corrected chi connectivity index (χ3v) is 2.45. The van der Waals surface area contributed by atoms with Gasteiger partial charge < -0.3 is 9.47 Å². The molecule has 0 unspecified atom stereocenters. The van der Waals surface area contributed by atoms with Gasteiger partial charge in [0, 0.05) is 6.54 Å². The van der Waals surface area contributed by atoms with Crippen molar-refractivity contribution in [3.63, 3.8) is 0 Å². The molecule has 2 N–H and O–H groups in total. The smallest absolute Gasteiger partial charge is 0.422 e. The van der Waals surface area contributed by atoms with Crippen molar-refractivity contribution in [1.82, 2.24) is 10.9 Å². The first-order valence-corrected chi connectivity index (χ1v) is 6.66. The number of hydrogen-bond donors (Lipinski definition) is 2. The summed E-state index contributed by atoms with van der Waals surface area (Å²) >= 11 is 0. The maximum Gasteiger partial charge on any atom is 0.422 e. The maximum atomic E-state index is 11.4. The van der Waals surface area contributed by atoms with E-state index in [0.717, 1.165) is 11.1 Å². The van der Waals surface area contributed by atoms with Gasteiger partial charge in [0.05, 0.1) is 13.5 Å². The van der Waals surface area contributed by atoms with Crippen LogP contribution in [-0.4, -0.2) is 24.8 Å². The van der Waals surface area contributed by atoms with Crippen LogP contribution in [0.15, 0.2) is 24.3 Å². The molecule has 0 atom stereocenters. The summed E-state index contributed by atoms with van der Waals surface area (Å²) in [7, 11) is 1.36. The van der Waals surface area contributed by atoms with Crippen molar-refractivity contribution >= 4 is 12.1 Å². The number of rotatable bonds is 5. The van der Waals surface area contributed by atoms with Crippen LogP contribution in [-0.2, 0) is 27.2 Å². The van der Waals surface area contributed by atoms with Crippen LogP contribution in [0, 0.1) is 0 Å². The Hall–Kier alpha value is -2.08. The highest BCUT2D eigenvalue weighted by Gasteiger charge is 2.15. The third kappa shape index (κ3) is 7.31. The van der Waals surface area contributed by atoms with Crippen LogP contribution in [0.1, 0.15) is 31.9 Å². The lowest BCUT2D eigenvalue weighted by Gasteiger charge is -2.19. The largest absolute Gasteiger partial charge is 0.469 e. The number of benzene rings is 1. The van der Waals surface area contributed by atoms with Crippen molar-refractivity contribution in [3.05, 3.63) is 35.4 Å². The van der Waals surface area contributed by atoms with Crippen molar-refractivity contribution < 1.29 is 19.1 Å². The molecule has 1 aromatic rings. The Labute approximate surface area is 124 Å². The standard InChI is InChI=1S/C15H22N2O4/c1-15(2,3)21-14(19)17-16-10-12-7-5-6-11(8-12)9-13(18)20-4/h5-8,16H,9-10H2,1-4H3,(H,17,19). The second kappa shape index (κ2) is 7.64. The molecule has 0 aliphatic heterocycles. The van der Waals surface area contributed by atoms with Gasteiger partial charge in [0.2, 0.25) is 0 Å². The number of amides is 1. The minimum atomic E-state index is -0.536.